The van der Waals surface area contributed by atoms with Crippen molar-refractivity contribution in [2.75, 3.05) is 19.8 Å². The Bertz CT molecular complexity index is 469. The summed E-state index contributed by atoms with van der Waals surface area (Å²) in [6, 6.07) is 3.64. The summed E-state index contributed by atoms with van der Waals surface area (Å²) >= 11 is 0. The molecule has 0 fully saturated rings. The minimum Gasteiger partial charge on any atom is -0.486 e. The number of rotatable bonds is 4. The third kappa shape index (κ3) is 3.40. The van der Waals surface area contributed by atoms with Crippen LogP contribution < -0.4 is 14.8 Å². The molecule has 1 aliphatic rings. The summed E-state index contributed by atoms with van der Waals surface area (Å²) in [6.45, 7) is 7.99. The first kappa shape index (κ1) is 13.7. The molecule has 4 nitrogen and oxygen atoms in total. The quantitative estimate of drug-likeness (QED) is 0.908. The lowest BCUT2D eigenvalue weighted by molar-refractivity contribution is 0.0950. The van der Waals surface area contributed by atoms with Crippen LogP contribution >= 0.6 is 0 Å². The minimum absolute atomic E-state index is 0.0462. The van der Waals surface area contributed by atoms with Crippen molar-refractivity contribution in [1.29, 1.82) is 0 Å². The number of hydrogen-bond acceptors (Lipinski definition) is 3. The summed E-state index contributed by atoms with van der Waals surface area (Å²) in [5.41, 5.74) is 1.57. The molecule has 1 aromatic carbocycles. The van der Waals surface area contributed by atoms with Gasteiger partial charge in [0.2, 0.25) is 0 Å². The minimum atomic E-state index is -0.0462. The number of carbonyl (C=O) groups is 1. The molecule has 1 amide bonds. The van der Waals surface area contributed by atoms with E-state index >= 15 is 0 Å². The first-order valence-electron chi connectivity index (χ1n) is 6.76. The van der Waals surface area contributed by atoms with Gasteiger partial charge in [0.05, 0.1) is 0 Å². The van der Waals surface area contributed by atoms with Crippen molar-refractivity contribution in [3.63, 3.8) is 0 Å². The van der Waals surface area contributed by atoms with Gasteiger partial charge in [-0.1, -0.05) is 13.8 Å². The van der Waals surface area contributed by atoms with E-state index in [0.29, 0.717) is 37.0 Å². The molecule has 0 aromatic heterocycles. The Morgan fingerprint density at radius 3 is 2.53 bits per heavy atom. The van der Waals surface area contributed by atoms with Crippen LogP contribution in [0.5, 0.6) is 11.5 Å². The molecule has 0 spiro atoms. The number of amides is 1. The van der Waals surface area contributed by atoms with Crippen LogP contribution in [0.1, 0.15) is 36.2 Å². The Hall–Kier alpha value is -1.71. The Morgan fingerprint density at radius 2 is 1.89 bits per heavy atom. The van der Waals surface area contributed by atoms with E-state index in [4.69, 9.17) is 9.47 Å². The normalized spacial score (nSPS) is 13.5. The van der Waals surface area contributed by atoms with Gasteiger partial charge in [0.15, 0.2) is 11.5 Å². The molecule has 1 aromatic rings. The van der Waals surface area contributed by atoms with Crippen LogP contribution in [0.25, 0.3) is 0 Å². The van der Waals surface area contributed by atoms with Gasteiger partial charge in [-0.25, -0.2) is 0 Å². The molecule has 0 saturated heterocycles. The van der Waals surface area contributed by atoms with E-state index in [-0.39, 0.29) is 5.91 Å². The highest BCUT2D eigenvalue weighted by Crippen LogP contribution is 2.32. The molecule has 4 heteroatoms. The van der Waals surface area contributed by atoms with E-state index in [1.807, 2.05) is 13.0 Å². The van der Waals surface area contributed by atoms with Gasteiger partial charge in [0.1, 0.15) is 13.2 Å². The molecule has 0 saturated carbocycles. The summed E-state index contributed by atoms with van der Waals surface area (Å²) in [7, 11) is 0. The molecule has 104 valence electrons. The zero-order valence-electron chi connectivity index (χ0n) is 11.8. The van der Waals surface area contributed by atoms with Crippen molar-refractivity contribution >= 4 is 5.91 Å². The van der Waals surface area contributed by atoms with E-state index in [1.165, 1.54) is 0 Å². The van der Waals surface area contributed by atoms with Crippen molar-refractivity contribution in [2.24, 2.45) is 5.92 Å². The van der Waals surface area contributed by atoms with Gasteiger partial charge in [-0.3, -0.25) is 4.79 Å². The van der Waals surface area contributed by atoms with Crippen LogP contribution in [0.15, 0.2) is 12.1 Å². The van der Waals surface area contributed by atoms with E-state index in [9.17, 15) is 4.79 Å². The lowest BCUT2D eigenvalue weighted by Gasteiger charge is -2.20. The first-order chi connectivity index (χ1) is 9.08. The lowest BCUT2D eigenvalue weighted by Crippen LogP contribution is -2.26. The van der Waals surface area contributed by atoms with Crippen LogP contribution in [0.3, 0.4) is 0 Å². The zero-order valence-corrected chi connectivity index (χ0v) is 11.8. The Kier molecular flexibility index (Phi) is 4.30. The SMILES string of the molecule is Cc1cc2c(cc1C(=O)NCCC(C)C)OCCO2. The molecule has 0 atom stereocenters. The average molecular weight is 263 g/mol. The highest BCUT2D eigenvalue weighted by molar-refractivity contribution is 5.96. The molecule has 0 radical (unpaired) electrons. The number of aryl methyl sites for hydroxylation is 1. The summed E-state index contributed by atoms with van der Waals surface area (Å²) in [5.74, 6) is 1.92. The number of benzene rings is 1. The second-order valence-corrected chi connectivity index (χ2v) is 5.25. The fraction of sp³-hybridized carbons (Fsp3) is 0.533. The standard InChI is InChI=1S/C15H21NO3/c1-10(2)4-5-16-15(17)12-9-14-13(8-11(12)3)18-6-7-19-14/h8-10H,4-7H2,1-3H3,(H,16,17). The zero-order chi connectivity index (χ0) is 13.8. The molecular formula is C15H21NO3. The van der Waals surface area contributed by atoms with Gasteiger partial charge in [-0.2, -0.15) is 0 Å². The number of nitrogens with one attached hydrogen (secondary N) is 1. The highest BCUT2D eigenvalue weighted by atomic mass is 16.6. The van der Waals surface area contributed by atoms with Crippen molar-refractivity contribution < 1.29 is 14.3 Å². The summed E-state index contributed by atoms with van der Waals surface area (Å²) in [5, 5.41) is 2.94. The molecule has 0 unspecified atom stereocenters. The third-order valence-electron chi connectivity index (χ3n) is 3.14. The van der Waals surface area contributed by atoms with E-state index in [0.717, 1.165) is 17.7 Å². The molecule has 1 heterocycles. The second kappa shape index (κ2) is 5.95. The van der Waals surface area contributed by atoms with Crippen LogP contribution in [-0.2, 0) is 0 Å². The van der Waals surface area contributed by atoms with Gasteiger partial charge < -0.3 is 14.8 Å². The predicted molar refractivity (Wildman–Crippen MR) is 74.0 cm³/mol. The Morgan fingerprint density at radius 1 is 1.26 bits per heavy atom. The van der Waals surface area contributed by atoms with E-state index in [2.05, 4.69) is 19.2 Å². The van der Waals surface area contributed by atoms with Gasteiger partial charge in [0, 0.05) is 12.1 Å². The average Bonchev–Trinajstić information content (AvgIpc) is 2.37. The fourth-order valence-electron chi connectivity index (χ4n) is 2.00. The molecule has 1 aliphatic heterocycles. The maximum absolute atomic E-state index is 12.1. The second-order valence-electron chi connectivity index (χ2n) is 5.25. The van der Waals surface area contributed by atoms with Crippen molar-refractivity contribution in [2.45, 2.75) is 27.2 Å². The topological polar surface area (TPSA) is 47.6 Å². The van der Waals surface area contributed by atoms with Gasteiger partial charge in [-0.05, 0) is 37.0 Å². The van der Waals surface area contributed by atoms with Crippen LogP contribution in [0.2, 0.25) is 0 Å². The Labute approximate surface area is 114 Å². The maximum Gasteiger partial charge on any atom is 0.251 e. The summed E-state index contributed by atoms with van der Waals surface area (Å²) in [6.07, 6.45) is 0.981. The van der Waals surface area contributed by atoms with Gasteiger partial charge in [0.25, 0.3) is 5.91 Å². The number of hydrogen-bond donors (Lipinski definition) is 1. The van der Waals surface area contributed by atoms with Crippen molar-refractivity contribution in [3.05, 3.63) is 23.3 Å². The summed E-state index contributed by atoms with van der Waals surface area (Å²) in [4.78, 5) is 12.1. The monoisotopic (exact) mass is 263 g/mol. The third-order valence-corrected chi connectivity index (χ3v) is 3.14. The molecule has 0 bridgehead atoms. The molecule has 19 heavy (non-hydrogen) atoms. The molecular weight excluding hydrogens is 242 g/mol. The lowest BCUT2D eigenvalue weighted by atomic mass is 10.1. The number of carbonyl (C=O) groups excluding carboxylic acids is 1. The smallest absolute Gasteiger partial charge is 0.251 e. The Balaban J connectivity index is 2.09. The van der Waals surface area contributed by atoms with Gasteiger partial charge >= 0.3 is 0 Å². The van der Waals surface area contributed by atoms with Crippen LogP contribution in [-0.4, -0.2) is 25.7 Å². The first-order valence-corrected chi connectivity index (χ1v) is 6.76. The largest absolute Gasteiger partial charge is 0.486 e. The van der Waals surface area contributed by atoms with E-state index < -0.39 is 0 Å². The van der Waals surface area contributed by atoms with Crippen molar-refractivity contribution in [3.8, 4) is 11.5 Å². The highest BCUT2D eigenvalue weighted by Gasteiger charge is 2.17. The molecule has 1 N–H and O–H groups in total. The maximum atomic E-state index is 12.1. The van der Waals surface area contributed by atoms with E-state index in [1.54, 1.807) is 6.07 Å². The number of ether oxygens (including phenoxy) is 2. The van der Waals surface area contributed by atoms with Gasteiger partial charge in [-0.15, -0.1) is 0 Å². The van der Waals surface area contributed by atoms with Crippen molar-refractivity contribution in [1.82, 2.24) is 5.32 Å². The molecule has 0 aliphatic carbocycles. The molecule has 2 rings (SSSR count). The number of fused-ring (bicyclic) bond motifs is 1. The van der Waals surface area contributed by atoms with Crippen LogP contribution in [0.4, 0.5) is 0 Å². The fourth-order valence-corrected chi connectivity index (χ4v) is 2.00. The van der Waals surface area contributed by atoms with Crippen LogP contribution in [0, 0.1) is 12.8 Å². The summed E-state index contributed by atoms with van der Waals surface area (Å²) < 4.78 is 11.0. The predicted octanol–water partition coefficient (Wildman–Crippen LogP) is 2.54.